The molecular weight excluding hydrogens is 597 g/mol. The second-order valence-electron chi connectivity index (χ2n) is 10.5. The van der Waals surface area contributed by atoms with E-state index in [0.717, 1.165) is 18.1 Å². The molecule has 2 heterocycles. The maximum absolute atomic E-state index is 13.4. The molecule has 0 unspecified atom stereocenters. The van der Waals surface area contributed by atoms with Gasteiger partial charge in [-0.15, -0.1) is 11.3 Å². The average molecular weight is 627 g/mol. The van der Waals surface area contributed by atoms with Gasteiger partial charge in [-0.3, -0.25) is 19.8 Å². The Bertz CT molecular complexity index is 1730. The van der Waals surface area contributed by atoms with Crippen molar-refractivity contribution in [3.8, 4) is 16.3 Å². The third kappa shape index (κ3) is 7.63. The van der Waals surface area contributed by atoms with Gasteiger partial charge in [0.25, 0.3) is 17.7 Å². The van der Waals surface area contributed by atoms with E-state index in [9.17, 15) is 24.6 Å². The van der Waals surface area contributed by atoms with Gasteiger partial charge < -0.3 is 36.2 Å². The van der Waals surface area contributed by atoms with Crippen LogP contribution in [0.5, 0.6) is 5.75 Å². The van der Waals surface area contributed by atoms with Gasteiger partial charge in [0.1, 0.15) is 21.4 Å². The molecule has 1 aliphatic heterocycles. The Kier molecular flexibility index (Phi) is 9.13. The predicted octanol–water partition coefficient (Wildman–Crippen LogP) is 1.51. The Morgan fingerprint density at radius 2 is 1.93 bits per heavy atom. The summed E-state index contributed by atoms with van der Waals surface area (Å²) in [7, 11) is 6.47. The number of amidine groups is 1. The van der Waals surface area contributed by atoms with Crippen LogP contribution in [0.2, 0.25) is 0 Å². The number of carbonyl (C=O) groups excluding carboxylic acids is 3. The van der Waals surface area contributed by atoms with Crippen LogP contribution in [0.1, 0.15) is 33.6 Å². The first kappa shape index (κ1) is 31.6. The second kappa shape index (κ2) is 13.0. The topological polar surface area (TPSA) is 203 Å². The van der Waals surface area contributed by atoms with E-state index in [-0.39, 0.29) is 34.8 Å². The van der Waals surface area contributed by atoms with E-state index in [1.54, 1.807) is 28.4 Å². The van der Waals surface area contributed by atoms with E-state index in [1.807, 2.05) is 18.2 Å². The average Bonchev–Trinajstić information content (AvgIpc) is 3.75. The van der Waals surface area contributed by atoms with Crippen molar-refractivity contribution in [2.24, 2.45) is 16.6 Å². The lowest BCUT2D eigenvalue weighted by Gasteiger charge is -2.28. The normalized spacial score (nSPS) is 15.2. The molecule has 230 valence electrons. The van der Waals surface area contributed by atoms with E-state index in [2.05, 4.69) is 21.4 Å². The molecule has 2 aliphatic rings. The molecule has 1 aliphatic carbocycles. The maximum Gasteiger partial charge on any atom is 0.274 e. The quantitative estimate of drug-likeness (QED) is 0.0833. The van der Waals surface area contributed by atoms with E-state index in [4.69, 9.17) is 23.7 Å². The van der Waals surface area contributed by atoms with Gasteiger partial charge >= 0.3 is 0 Å². The third-order valence-corrected chi connectivity index (χ3v) is 8.12. The van der Waals surface area contributed by atoms with Gasteiger partial charge in [-0.1, -0.05) is 30.3 Å². The Balaban J connectivity index is 1.42. The van der Waals surface area contributed by atoms with Crippen molar-refractivity contribution in [3.63, 3.8) is 0 Å². The van der Waals surface area contributed by atoms with Crippen LogP contribution in [0.3, 0.4) is 0 Å². The first-order chi connectivity index (χ1) is 21.4. The van der Waals surface area contributed by atoms with E-state index >= 15 is 0 Å². The van der Waals surface area contributed by atoms with E-state index in [1.165, 1.54) is 30.2 Å². The van der Waals surface area contributed by atoms with Crippen molar-refractivity contribution in [1.82, 2.24) is 15.2 Å². The van der Waals surface area contributed by atoms with E-state index in [0.29, 0.717) is 41.4 Å². The van der Waals surface area contributed by atoms with Crippen molar-refractivity contribution < 1.29 is 29.3 Å². The second-order valence-corrected chi connectivity index (χ2v) is 11.6. The van der Waals surface area contributed by atoms with Gasteiger partial charge in [0, 0.05) is 25.1 Å². The highest BCUT2D eigenvalue weighted by Gasteiger charge is 2.30. The standard InChI is InChI=1S/C30H30BN7O6S/c1-44-25-19(28-34-14-22(45-28)29(41)38-12-11-16-5-2-3-6-18(16)15-38)7-4-8-20(25)35-21(24(33)27(40)37-30(31,42)43)13-23(32)36-26(39)17-9-10-17/h2-8,13-14,17,33,35,42-43H,9-12,15H2,1H3,(H,37,40)(H2,32,36,39)/b21-13+,33-24?. The number of nitrogens with zero attached hydrogens (tertiary/aromatic N) is 3. The first-order valence-electron chi connectivity index (χ1n) is 13.9. The molecule has 1 fully saturated rings. The molecule has 7 N–H and O–H groups in total. The van der Waals surface area contributed by atoms with Gasteiger partial charge in [-0.2, -0.15) is 4.99 Å². The molecule has 3 aromatic rings. The molecule has 5 rings (SSSR count). The number of nitrogens with one attached hydrogen (secondary N) is 3. The summed E-state index contributed by atoms with van der Waals surface area (Å²) in [6.45, 7) is 1.10. The van der Waals surface area contributed by atoms with Gasteiger partial charge in [-0.05, 0) is 42.5 Å². The number of benzene rings is 2. The molecule has 2 aromatic carbocycles. The summed E-state index contributed by atoms with van der Waals surface area (Å²) in [5.41, 5.74) is 8.03. The summed E-state index contributed by atoms with van der Waals surface area (Å²) in [5.74, 6) is -5.14. The van der Waals surface area contributed by atoms with Crippen molar-refractivity contribution >= 4 is 54.1 Å². The zero-order chi connectivity index (χ0) is 32.3. The fraction of sp³-hybridized carbons (Fsp3) is 0.267. The fourth-order valence-electron chi connectivity index (χ4n) is 4.74. The van der Waals surface area contributed by atoms with Crippen LogP contribution >= 0.6 is 11.3 Å². The number of hydrogen-bond donors (Lipinski definition) is 6. The number of hydrogen-bond acceptors (Lipinski definition) is 10. The summed E-state index contributed by atoms with van der Waals surface area (Å²) in [4.78, 5) is 48.7. The molecule has 0 bridgehead atoms. The summed E-state index contributed by atoms with van der Waals surface area (Å²) < 4.78 is 5.68. The first-order valence-corrected chi connectivity index (χ1v) is 14.8. The number of anilines is 1. The van der Waals surface area contributed by atoms with Crippen LogP contribution < -0.4 is 21.1 Å². The molecule has 15 heteroatoms. The van der Waals surface area contributed by atoms with Crippen LogP contribution in [0.25, 0.3) is 10.6 Å². The van der Waals surface area contributed by atoms with E-state index < -0.39 is 23.3 Å². The fourth-order valence-corrected chi connectivity index (χ4v) is 5.65. The Labute approximate surface area is 263 Å². The van der Waals surface area contributed by atoms with Crippen LogP contribution in [-0.4, -0.2) is 76.7 Å². The maximum atomic E-state index is 13.4. The minimum atomic E-state index is -3.09. The summed E-state index contributed by atoms with van der Waals surface area (Å²) in [5, 5.41) is 32.2. The largest absolute Gasteiger partial charge is 0.494 e. The number of methoxy groups -OCH3 is 1. The minimum Gasteiger partial charge on any atom is -0.494 e. The molecule has 2 radical (unpaired) electrons. The lowest BCUT2D eigenvalue weighted by Crippen LogP contribution is -2.51. The van der Waals surface area contributed by atoms with Gasteiger partial charge in [0.05, 0.1) is 30.3 Å². The number of ether oxygens (including phenoxy) is 1. The number of para-hydroxylation sites is 1. The number of rotatable bonds is 10. The highest BCUT2D eigenvalue weighted by Crippen LogP contribution is 2.39. The number of nitrogens with two attached hydrogens (primary N) is 1. The molecule has 3 amide bonds. The zero-order valence-corrected chi connectivity index (χ0v) is 25.1. The monoisotopic (exact) mass is 627 g/mol. The number of fused-ring (bicyclic) bond motifs is 1. The number of aliphatic imine (C=N–C) groups is 1. The lowest BCUT2D eigenvalue weighted by molar-refractivity contribution is -0.139. The molecule has 45 heavy (non-hydrogen) atoms. The van der Waals surface area contributed by atoms with Crippen LogP contribution in [0.4, 0.5) is 5.69 Å². The molecule has 0 atom stereocenters. The molecule has 1 saturated carbocycles. The van der Waals surface area contributed by atoms with Gasteiger partial charge in [0.2, 0.25) is 0 Å². The smallest absolute Gasteiger partial charge is 0.274 e. The summed E-state index contributed by atoms with van der Waals surface area (Å²) in [6.07, 6.45) is 4.79. The van der Waals surface area contributed by atoms with Crippen LogP contribution in [0, 0.1) is 11.3 Å². The lowest BCUT2D eigenvalue weighted by atomic mass is 10.00. The number of aliphatic hydroxyl groups is 2. The van der Waals surface area contributed by atoms with Gasteiger partial charge in [-0.25, -0.2) is 4.98 Å². The van der Waals surface area contributed by atoms with Crippen LogP contribution in [0.15, 0.2) is 65.4 Å². The Morgan fingerprint density at radius 3 is 2.62 bits per heavy atom. The number of thiazole rings is 1. The van der Waals surface area contributed by atoms with Crippen molar-refractivity contribution in [2.75, 3.05) is 19.0 Å². The predicted molar refractivity (Wildman–Crippen MR) is 169 cm³/mol. The highest BCUT2D eigenvalue weighted by molar-refractivity contribution is 7.17. The Morgan fingerprint density at radius 1 is 1.20 bits per heavy atom. The molecule has 0 saturated heterocycles. The third-order valence-electron chi connectivity index (χ3n) is 7.11. The number of amides is 3. The Hall–Kier alpha value is -4.86. The minimum absolute atomic E-state index is 0.134. The summed E-state index contributed by atoms with van der Waals surface area (Å²) in [6, 6.07) is 13.0. The molecule has 0 spiro atoms. The summed E-state index contributed by atoms with van der Waals surface area (Å²) >= 11 is 1.19. The van der Waals surface area contributed by atoms with Crippen LogP contribution in [-0.2, 0) is 22.6 Å². The van der Waals surface area contributed by atoms with Gasteiger partial charge in [0.15, 0.2) is 19.4 Å². The molecular formula is C30H30BN7O6S. The number of aromatic nitrogens is 1. The molecule has 13 nitrogen and oxygen atoms in total. The van der Waals surface area contributed by atoms with Crippen molar-refractivity contribution in [1.29, 1.82) is 5.41 Å². The zero-order valence-electron chi connectivity index (χ0n) is 24.2. The highest BCUT2D eigenvalue weighted by atomic mass is 32.1. The van der Waals surface area contributed by atoms with Crippen molar-refractivity contribution in [3.05, 3.63) is 76.4 Å². The number of carbonyl (C=O) groups is 3. The van der Waals surface area contributed by atoms with Crippen molar-refractivity contribution in [2.45, 2.75) is 31.6 Å². The SMILES string of the molecule is [B]C(O)(O)NC(=O)C(=N)/C(=C\C(N)=NC(=O)C1CC1)Nc1cccc(-c2ncc(C(=O)N3CCc4ccccc4C3)s2)c1OC. The molecule has 1 aromatic heterocycles.